The van der Waals surface area contributed by atoms with Crippen molar-refractivity contribution in [1.29, 1.82) is 0 Å². The first-order valence-corrected chi connectivity index (χ1v) is 13.1. The molecule has 0 spiro atoms. The van der Waals surface area contributed by atoms with Crippen molar-refractivity contribution in [3.05, 3.63) is 101 Å². The second-order valence-electron chi connectivity index (χ2n) is 9.81. The molecule has 1 heterocycles. The van der Waals surface area contributed by atoms with Gasteiger partial charge in [-0.3, -0.25) is 4.90 Å². The minimum absolute atomic E-state index is 0.105. The summed E-state index contributed by atoms with van der Waals surface area (Å²) >= 11 is 0. The molecule has 0 saturated carbocycles. The van der Waals surface area contributed by atoms with Crippen LogP contribution < -0.4 is 4.74 Å². The van der Waals surface area contributed by atoms with Crippen LogP contribution >= 0.6 is 0 Å². The highest BCUT2D eigenvalue weighted by Crippen LogP contribution is 2.30. The minimum Gasteiger partial charge on any atom is -0.406 e. The Labute approximate surface area is 220 Å². The predicted molar refractivity (Wildman–Crippen MR) is 138 cm³/mol. The molecule has 3 aromatic carbocycles. The van der Waals surface area contributed by atoms with E-state index in [1.807, 2.05) is 24.3 Å². The van der Waals surface area contributed by atoms with Gasteiger partial charge in [-0.2, -0.15) is 0 Å². The molecule has 8 heteroatoms. The monoisotopic (exact) mass is 532 g/mol. The van der Waals surface area contributed by atoms with Gasteiger partial charge in [0.05, 0.1) is 0 Å². The fourth-order valence-corrected chi connectivity index (χ4v) is 5.00. The number of benzene rings is 3. The molecule has 1 aliphatic heterocycles. The first-order valence-electron chi connectivity index (χ1n) is 13.1. The molecule has 0 radical (unpaired) electrons. The Morgan fingerprint density at radius 2 is 1.18 bits per heavy atom. The summed E-state index contributed by atoms with van der Waals surface area (Å²) in [6.07, 6.45) is -0.582. The van der Waals surface area contributed by atoms with Gasteiger partial charge in [0, 0.05) is 38.6 Å². The zero-order valence-electron chi connectivity index (χ0n) is 21.3. The fourth-order valence-electron chi connectivity index (χ4n) is 5.00. The van der Waals surface area contributed by atoms with Crippen molar-refractivity contribution in [2.24, 2.45) is 0 Å². The topological polar surface area (TPSA) is 15.7 Å². The van der Waals surface area contributed by atoms with E-state index in [1.165, 1.54) is 36.4 Å². The Kier molecular flexibility index (Phi) is 9.74. The molecule has 1 saturated heterocycles. The number of halogens is 5. The Hall–Kier alpha value is -2.97. The third kappa shape index (κ3) is 8.81. The highest BCUT2D eigenvalue weighted by Gasteiger charge is 2.31. The highest BCUT2D eigenvalue weighted by atomic mass is 19.4. The number of alkyl halides is 3. The Morgan fingerprint density at radius 1 is 0.658 bits per heavy atom. The lowest BCUT2D eigenvalue weighted by Gasteiger charge is -2.34. The Balaban J connectivity index is 1.17. The molecule has 4 rings (SSSR count). The van der Waals surface area contributed by atoms with Gasteiger partial charge in [-0.25, -0.2) is 8.78 Å². The van der Waals surface area contributed by atoms with Gasteiger partial charge < -0.3 is 9.64 Å². The third-order valence-electron chi connectivity index (χ3n) is 7.04. The molecule has 0 N–H and O–H groups in total. The lowest BCUT2D eigenvalue weighted by Crippen LogP contribution is -2.46. The van der Waals surface area contributed by atoms with Crippen LogP contribution in [0.2, 0.25) is 0 Å². The molecule has 0 aromatic heterocycles. The highest BCUT2D eigenvalue weighted by molar-refractivity contribution is 5.33. The van der Waals surface area contributed by atoms with Crippen molar-refractivity contribution >= 4 is 0 Å². The lowest BCUT2D eigenvalue weighted by atomic mass is 9.87. The van der Waals surface area contributed by atoms with Crippen LogP contribution in [0.1, 0.15) is 48.3 Å². The predicted octanol–water partition coefficient (Wildman–Crippen LogP) is 7.37. The van der Waals surface area contributed by atoms with Crippen LogP contribution in [0.3, 0.4) is 0 Å². The van der Waals surface area contributed by atoms with Gasteiger partial charge in [-0.15, -0.1) is 13.2 Å². The number of ether oxygens (including phenoxy) is 1. The molecular weight excluding hydrogens is 499 g/mol. The van der Waals surface area contributed by atoms with E-state index in [0.717, 1.165) is 75.1 Å². The quantitative estimate of drug-likeness (QED) is 0.189. The molecule has 204 valence electrons. The standard InChI is InChI=1S/C30H33F5N2O/c31-26-11-7-24(8-12-26)29(25-9-13-27(32)14-10-25)4-2-1-3-17-36-18-20-37(21-19-36)22-23-5-15-28(16-6-23)38-30(33,34)35/h5-16,29H,1-4,17-22H2. The number of unbranched alkanes of at least 4 members (excludes halogenated alkanes) is 2. The van der Waals surface area contributed by atoms with E-state index in [2.05, 4.69) is 14.5 Å². The number of hydrogen-bond acceptors (Lipinski definition) is 3. The largest absolute Gasteiger partial charge is 0.573 e. The van der Waals surface area contributed by atoms with Crippen molar-refractivity contribution < 1.29 is 26.7 Å². The van der Waals surface area contributed by atoms with Gasteiger partial charge in [0.2, 0.25) is 0 Å². The zero-order valence-corrected chi connectivity index (χ0v) is 21.3. The van der Waals surface area contributed by atoms with Crippen LogP contribution in [-0.4, -0.2) is 48.9 Å². The Morgan fingerprint density at radius 3 is 1.71 bits per heavy atom. The van der Waals surface area contributed by atoms with Crippen molar-refractivity contribution in [2.45, 2.75) is 44.5 Å². The number of hydrogen-bond donors (Lipinski definition) is 0. The van der Waals surface area contributed by atoms with Crippen molar-refractivity contribution in [3.8, 4) is 5.75 Å². The van der Waals surface area contributed by atoms with Gasteiger partial charge in [-0.1, -0.05) is 49.2 Å². The molecule has 3 nitrogen and oxygen atoms in total. The first kappa shape index (κ1) is 28.0. The summed E-state index contributed by atoms with van der Waals surface area (Å²) in [7, 11) is 0. The summed E-state index contributed by atoms with van der Waals surface area (Å²) in [5.41, 5.74) is 3.04. The summed E-state index contributed by atoms with van der Waals surface area (Å²) < 4.78 is 67.8. The van der Waals surface area contributed by atoms with Crippen LogP contribution in [0.4, 0.5) is 22.0 Å². The van der Waals surface area contributed by atoms with E-state index < -0.39 is 6.36 Å². The van der Waals surface area contributed by atoms with E-state index in [1.54, 1.807) is 12.1 Å². The first-order chi connectivity index (χ1) is 18.2. The van der Waals surface area contributed by atoms with E-state index in [9.17, 15) is 22.0 Å². The van der Waals surface area contributed by atoms with E-state index >= 15 is 0 Å². The second kappa shape index (κ2) is 13.2. The summed E-state index contributed by atoms with van der Waals surface area (Å²) in [6.45, 7) is 5.48. The molecule has 0 amide bonds. The molecule has 3 aromatic rings. The summed E-state index contributed by atoms with van der Waals surface area (Å²) in [6, 6.07) is 19.2. The molecule has 0 bridgehead atoms. The lowest BCUT2D eigenvalue weighted by molar-refractivity contribution is -0.274. The van der Waals surface area contributed by atoms with Gasteiger partial charge >= 0.3 is 6.36 Å². The maximum absolute atomic E-state index is 13.4. The maximum atomic E-state index is 13.4. The van der Waals surface area contributed by atoms with Crippen LogP contribution in [0.25, 0.3) is 0 Å². The third-order valence-corrected chi connectivity index (χ3v) is 7.04. The Bertz CT molecular complexity index is 1060. The van der Waals surface area contributed by atoms with Crippen LogP contribution in [-0.2, 0) is 6.54 Å². The average Bonchev–Trinajstić information content (AvgIpc) is 2.89. The molecule has 38 heavy (non-hydrogen) atoms. The van der Waals surface area contributed by atoms with E-state index in [0.29, 0.717) is 6.54 Å². The van der Waals surface area contributed by atoms with Gasteiger partial charge in [-0.05, 0) is 72.5 Å². The van der Waals surface area contributed by atoms with Gasteiger partial charge in [0.15, 0.2) is 0 Å². The molecular formula is C30H33F5N2O. The molecule has 1 aliphatic rings. The molecule has 0 atom stereocenters. The molecule has 0 aliphatic carbocycles. The van der Waals surface area contributed by atoms with Crippen molar-refractivity contribution in [1.82, 2.24) is 9.80 Å². The van der Waals surface area contributed by atoms with Crippen molar-refractivity contribution in [2.75, 3.05) is 32.7 Å². The number of rotatable bonds is 11. The smallest absolute Gasteiger partial charge is 0.406 e. The number of nitrogens with zero attached hydrogens (tertiary/aromatic N) is 2. The van der Waals surface area contributed by atoms with Crippen LogP contribution in [0.15, 0.2) is 72.8 Å². The fraction of sp³-hybridized carbons (Fsp3) is 0.400. The van der Waals surface area contributed by atoms with Crippen LogP contribution in [0, 0.1) is 11.6 Å². The normalized spacial score (nSPS) is 15.2. The van der Waals surface area contributed by atoms with Gasteiger partial charge in [0.1, 0.15) is 17.4 Å². The SMILES string of the molecule is Fc1ccc(C(CCCCCN2CCN(Cc3ccc(OC(F)(F)F)cc3)CC2)c2ccc(F)cc2)cc1. The second-order valence-corrected chi connectivity index (χ2v) is 9.81. The minimum atomic E-state index is -4.68. The van der Waals surface area contributed by atoms with Crippen LogP contribution in [0.5, 0.6) is 5.75 Å². The summed E-state index contributed by atoms with van der Waals surface area (Å²) in [4.78, 5) is 4.76. The summed E-state index contributed by atoms with van der Waals surface area (Å²) in [5.74, 6) is -0.623. The molecule has 1 fully saturated rings. The summed E-state index contributed by atoms with van der Waals surface area (Å²) in [5, 5.41) is 0. The average molecular weight is 533 g/mol. The maximum Gasteiger partial charge on any atom is 0.573 e. The zero-order chi connectivity index (χ0) is 27.0. The van der Waals surface area contributed by atoms with E-state index in [4.69, 9.17) is 0 Å². The van der Waals surface area contributed by atoms with Crippen molar-refractivity contribution in [3.63, 3.8) is 0 Å². The van der Waals surface area contributed by atoms with Gasteiger partial charge in [0.25, 0.3) is 0 Å². The number of piperazine rings is 1. The molecule has 0 unspecified atom stereocenters. The van der Waals surface area contributed by atoms with E-state index in [-0.39, 0.29) is 23.3 Å².